The van der Waals surface area contributed by atoms with Crippen molar-refractivity contribution in [1.82, 2.24) is 10.2 Å². The molecule has 20 heavy (non-hydrogen) atoms. The smallest absolute Gasteiger partial charge is 0.240 e. The van der Waals surface area contributed by atoms with Gasteiger partial charge in [0.25, 0.3) is 0 Å². The topological polar surface area (TPSA) is 75.4 Å². The zero-order valence-electron chi connectivity index (χ0n) is 11.5. The van der Waals surface area contributed by atoms with Gasteiger partial charge in [0.05, 0.1) is 12.1 Å². The highest BCUT2D eigenvalue weighted by atomic mass is 16.2. The lowest BCUT2D eigenvalue weighted by molar-refractivity contribution is -0.136. The summed E-state index contributed by atoms with van der Waals surface area (Å²) in [4.78, 5) is 25.2. The summed E-state index contributed by atoms with van der Waals surface area (Å²) in [5, 5.41) is 3.02. The van der Waals surface area contributed by atoms with Crippen LogP contribution < -0.4 is 11.1 Å². The van der Waals surface area contributed by atoms with Gasteiger partial charge in [0.15, 0.2) is 0 Å². The van der Waals surface area contributed by atoms with E-state index in [0.717, 1.165) is 24.7 Å². The lowest BCUT2D eigenvalue weighted by Gasteiger charge is -2.26. The number of nitrogens with two attached hydrogens (primary N) is 1. The fraction of sp³-hybridized carbons (Fsp3) is 0.467. The van der Waals surface area contributed by atoms with Crippen molar-refractivity contribution < 1.29 is 9.59 Å². The van der Waals surface area contributed by atoms with Crippen molar-refractivity contribution in [2.45, 2.75) is 31.3 Å². The van der Waals surface area contributed by atoms with Gasteiger partial charge in [-0.25, -0.2) is 0 Å². The molecule has 2 rings (SSSR count). The Kier molecular flexibility index (Phi) is 5.26. The number of likely N-dealkylation sites (tertiary alicyclic amines) is 1. The fourth-order valence-corrected chi connectivity index (χ4v) is 2.65. The minimum absolute atomic E-state index is 0.0334. The number of benzene rings is 1. The molecule has 0 saturated carbocycles. The molecular formula is C15H21N3O2. The molecule has 3 N–H and O–H groups in total. The standard InChI is InChI=1S/C15H21N3O2/c16-11-17-14(9-12-5-2-1-3-6-12)15(20)18-8-4-7-13(18)10-19/h1-3,5-6,10,13-14,17H,4,7-9,11,16H2/t13-,14-/m0/s1. The Bertz CT molecular complexity index is 450. The average Bonchev–Trinajstić information content (AvgIpc) is 2.95. The van der Waals surface area contributed by atoms with Crippen molar-refractivity contribution in [1.29, 1.82) is 0 Å². The van der Waals surface area contributed by atoms with Crippen LogP contribution in [-0.2, 0) is 16.0 Å². The Morgan fingerprint density at radius 1 is 1.45 bits per heavy atom. The molecule has 0 radical (unpaired) electrons. The van der Waals surface area contributed by atoms with Crippen LogP contribution in [0.25, 0.3) is 0 Å². The van der Waals surface area contributed by atoms with Gasteiger partial charge in [0.2, 0.25) is 5.91 Å². The summed E-state index contributed by atoms with van der Waals surface area (Å²) in [7, 11) is 0. The molecule has 0 aliphatic carbocycles. The van der Waals surface area contributed by atoms with E-state index in [2.05, 4.69) is 5.32 Å². The van der Waals surface area contributed by atoms with Gasteiger partial charge in [-0.05, 0) is 24.8 Å². The molecule has 1 heterocycles. The van der Waals surface area contributed by atoms with Crippen LogP contribution in [0.1, 0.15) is 18.4 Å². The van der Waals surface area contributed by atoms with Gasteiger partial charge in [0.1, 0.15) is 6.29 Å². The third-order valence-electron chi connectivity index (χ3n) is 3.68. The molecule has 2 atom stereocenters. The van der Waals surface area contributed by atoms with Crippen molar-refractivity contribution in [3.05, 3.63) is 35.9 Å². The highest BCUT2D eigenvalue weighted by molar-refractivity contribution is 5.85. The minimum Gasteiger partial charge on any atom is -0.332 e. The number of carbonyl (C=O) groups is 2. The van der Waals surface area contributed by atoms with Crippen LogP contribution in [0.15, 0.2) is 30.3 Å². The van der Waals surface area contributed by atoms with Crippen LogP contribution in [0.3, 0.4) is 0 Å². The van der Waals surface area contributed by atoms with Gasteiger partial charge in [-0.2, -0.15) is 0 Å². The molecule has 1 amide bonds. The molecule has 1 fully saturated rings. The molecule has 5 heteroatoms. The maximum absolute atomic E-state index is 12.6. The predicted molar refractivity (Wildman–Crippen MR) is 76.9 cm³/mol. The first-order chi connectivity index (χ1) is 9.76. The van der Waals surface area contributed by atoms with E-state index < -0.39 is 0 Å². The minimum atomic E-state index is -0.372. The van der Waals surface area contributed by atoms with E-state index >= 15 is 0 Å². The average molecular weight is 275 g/mol. The maximum Gasteiger partial charge on any atom is 0.240 e. The van der Waals surface area contributed by atoms with Crippen LogP contribution in [0, 0.1) is 0 Å². The molecule has 0 unspecified atom stereocenters. The van der Waals surface area contributed by atoms with Crippen molar-refractivity contribution in [3.8, 4) is 0 Å². The Morgan fingerprint density at radius 3 is 2.85 bits per heavy atom. The van der Waals surface area contributed by atoms with Gasteiger partial charge in [-0.1, -0.05) is 30.3 Å². The van der Waals surface area contributed by atoms with Crippen LogP contribution >= 0.6 is 0 Å². The van der Waals surface area contributed by atoms with Crippen molar-refractivity contribution in [2.24, 2.45) is 5.73 Å². The molecule has 1 saturated heterocycles. The van der Waals surface area contributed by atoms with Gasteiger partial charge in [-0.15, -0.1) is 0 Å². The SMILES string of the molecule is NCN[C@@H](Cc1ccccc1)C(=O)N1CCC[C@H]1C=O. The van der Waals surface area contributed by atoms with Gasteiger partial charge in [-0.3, -0.25) is 10.1 Å². The van der Waals surface area contributed by atoms with Gasteiger partial charge < -0.3 is 15.4 Å². The van der Waals surface area contributed by atoms with E-state index in [1.165, 1.54) is 0 Å². The summed E-state index contributed by atoms with van der Waals surface area (Å²) >= 11 is 0. The highest BCUT2D eigenvalue weighted by Gasteiger charge is 2.32. The molecule has 0 aromatic heterocycles. The molecule has 1 aromatic carbocycles. The predicted octanol–water partition coefficient (Wildman–Crippen LogP) is 0.293. The van der Waals surface area contributed by atoms with E-state index in [9.17, 15) is 9.59 Å². The first-order valence-electron chi connectivity index (χ1n) is 6.99. The van der Waals surface area contributed by atoms with E-state index in [4.69, 9.17) is 5.73 Å². The van der Waals surface area contributed by atoms with Gasteiger partial charge in [0, 0.05) is 13.2 Å². The summed E-state index contributed by atoms with van der Waals surface area (Å²) < 4.78 is 0. The molecular weight excluding hydrogens is 254 g/mol. The number of rotatable bonds is 6. The van der Waals surface area contributed by atoms with E-state index in [1.807, 2.05) is 30.3 Å². The number of amides is 1. The zero-order valence-corrected chi connectivity index (χ0v) is 11.5. The molecule has 0 spiro atoms. The molecule has 108 valence electrons. The summed E-state index contributed by atoms with van der Waals surface area (Å²) in [6.45, 7) is 0.891. The zero-order chi connectivity index (χ0) is 14.4. The fourth-order valence-electron chi connectivity index (χ4n) is 2.65. The van der Waals surface area contributed by atoms with Crippen LogP contribution in [0.5, 0.6) is 0 Å². The third-order valence-corrected chi connectivity index (χ3v) is 3.68. The van der Waals surface area contributed by atoms with Crippen LogP contribution in [0.4, 0.5) is 0 Å². The normalized spacial score (nSPS) is 19.9. The van der Waals surface area contributed by atoms with E-state index in [-0.39, 0.29) is 24.7 Å². The van der Waals surface area contributed by atoms with Gasteiger partial charge >= 0.3 is 0 Å². The second-order valence-electron chi connectivity index (χ2n) is 5.03. The largest absolute Gasteiger partial charge is 0.332 e. The van der Waals surface area contributed by atoms with Crippen molar-refractivity contribution in [2.75, 3.05) is 13.2 Å². The Labute approximate surface area is 119 Å². The number of aldehydes is 1. The van der Waals surface area contributed by atoms with E-state index in [1.54, 1.807) is 4.90 Å². The second kappa shape index (κ2) is 7.17. The Balaban J connectivity index is 2.07. The maximum atomic E-state index is 12.6. The molecule has 1 aliphatic heterocycles. The summed E-state index contributed by atoms with van der Waals surface area (Å²) in [5.41, 5.74) is 6.61. The van der Waals surface area contributed by atoms with Crippen molar-refractivity contribution >= 4 is 12.2 Å². The number of nitrogens with zero attached hydrogens (tertiary/aromatic N) is 1. The molecule has 1 aliphatic rings. The third kappa shape index (κ3) is 3.43. The highest BCUT2D eigenvalue weighted by Crippen LogP contribution is 2.17. The quantitative estimate of drug-likeness (QED) is 0.578. The monoisotopic (exact) mass is 275 g/mol. The molecule has 0 bridgehead atoms. The van der Waals surface area contributed by atoms with Crippen LogP contribution in [-0.4, -0.2) is 42.4 Å². The summed E-state index contributed by atoms with van der Waals surface area (Å²) in [5.74, 6) is -0.0334. The number of carbonyl (C=O) groups excluding carboxylic acids is 2. The molecule has 5 nitrogen and oxygen atoms in total. The molecule has 1 aromatic rings. The number of nitrogens with one attached hydrogen (secondary N) is 1. The van der Waals surface area contributed by atoms with Crippen molar-refractivity contribution in [3.63, 3.8) is 0 Å². The Hall–Kier alpha value is -1.72. The number of hydrogen-bond acceptors (Lipinski definition) is 4. The lowest BCUT2D eigenvalue weighted by Crippen LogP contribution is -2.51. The first-order valence-corrected chi connectivity index (χ1v) is 6.99. The summed E-state index contributed by atoms with van der Waals surface area (Å²) in [6, 6.07) is 9.16. The first kappa shape index (κ1) is 14.7. The summed E-state index contributed by atoms with van der Waals surface area (Å²) in [6.07, 6.45) is 3.09. The lowest BCUT2D eigenvalue weighted by atomic mass is 10.0. The van der Waals surface area contributed by atoms with E-state index in [0.29, 0.717) is 13.0 Å². The van der Waals surface area contributed by atoms with Crippen LogP contribution in [0.2, 0.25) is 0 Å². The second-order valence-corrected chi connectivity index (χ2v) is 5.03. The Morgan fingerprint density at radius 2 is 2.20 bits per heavy atom. The number of hydrogen-bond donors (Lipinski definition) is 2.